The Kier molecular flexibility index (Phi) is 3.22. The van der Waals surface area contributed by atoms with Crippen LogP contribution >= 0.6 is 0 Å². The minimum absolute atomic E-state index is 0.0975. The monoisotopic (exact) mass is 236 g/mol. The molecule has 2 rings (SSSR count). The molecule has 0 aliphatic heterocycles. The van der Waals surface area contributed by atoms with E-state index in [1.165, 1.54) is 0 Å². The third-order valence-electron chi connectivity index (χ3n) is 3.07. The maximum atomic E-state index is 12.0. The second-order valence-electron chi connectivity index (χ2n) is 3.94. The molecule has 0 aromatic heterocycles. The van der Waals surface area contributed by atoms with Gasteiger partial charge in [0.05, 0.1) is 26.9 Å². The minimum atomic E-state index is 0.0975. The van der Waals surface area contributed by atoms with Crippen molar-refractivity contribution in [3.05, 3.63) is 17.2 Å². The molecule has 0 saturated carbocycles. The van der Waals surface area contributed by atoms with Crippen LogP contribution in [0.4, 0.5) is 0 Å². The van der Waals surface area contributed by atoms with Crippen molar-refractivity contribution in [2.24, 2.45) is 0 Å². The fraction of sp³-hybridized carbons (Fsp3) is 0.462. The third kappa shape index (κ3) is 1.84. The molecule has 1 aromatic rings. The van der Waals surface area contributed by atoms with Gasteiger partial charge in [0, 0.05) is 18.1 Å². The molecule has 0 fully saturated rings. The molecule has 4 nitrogen and oxygen atoms in total. The van der Waals surface area contributed by atoms with Crippen molar-refractivity contribution in [2.75, 3.05) is 21.3 Å². The summed E-state index contributed by atoms with van der Waals surface area (Å²) >= 11 is 0. The first-order valence-corrected chi connectivity index (χ1v) is 5.58. The van der Waals surface area contributed by atoms with E-state index >= 15 is 0 Å². The summed E-state index contributed by atoms with van der Waals surface area (Å²) in [7, 11) is 4.70. The molecule has 0 unspecified atom stereocenters. The topological polar surface area (TPSA) is 44.8 Å². The molecule has 0 atom stereocenters. The predicted octanol–water partition coefficient (Wildman–Crippen LogP) is 2.23. The van der Waals surface area contributed by atoms with E-state index in [0.717, 1.165) is 18.4 Å². The Hall–Kier alpha value is -1.71. The molecule has 0 bridgehead atoms. The van der Waals surface area contributed by atoms with Crippen molar-refractivity contribution in [3.8, 4) is 17.2 Å². The molecular formula is C13H16O4. The zero-order valence-corrected chi connectivity index (χ0v) is 10.3. The van der Waals surface area contributed by atoms with E-state index in [2.05, 4.69) is 0 Å². The van der Waals surface area contributed by atoms with Crippen LogP contribution < -0.4 is 14.2 Å². The average molecular weight is 236 g/mol. The summed E-state index contributed by atoms with van der Waals surface area (Å²) in [6, 6.07) is 1.77. The molecule has 4 heteroatoms. The number of hydrogen-bond acceptors (Lipinski definition) is 4. The molecule has 0 radical (unpaired) electrons. The highest BCUT2D eigenvalue weighted by molar-refractivity contribution is 6.02. The van der Waals surface area contributed by atoms with Crippen molar-refractivity contribution in [1.82, 2.24) is 0 Å². The Morgan fingerprint density at radius 2 is 1.71 bits per heavy atom. The van der Waals surface area contributed by atoms with Gasteiger partial charge >= 0.3 is 0 Å². The van der Waals surface area contributed by atoms with Gasteiger partial charge in [0.2, 0.25) is 0 Å². The second kappa shape index (κ2) is 4.65. The number of methoxy groups -OCH3 is 3. The molecule has 17 heavy (non-hydrogen) atoms. The maximum absolute atomic E-state index is 12.0. The quantitative estimate of drug-likeness (QED) is 0.807. The van der Waals surface area contributed by atoms with Crippen LogP contribution in [0.2, 0.25) is 0 Å². The van der Waals surface area contributed by atoms with Gasteiger partial charge in [0.1, 0.15) is 5.75 Å². The van der Waals surface area contributed by atoms with Gasteiger partial charge < -0.3 is 14.2 Å². The molecule has 0 spiro atoms. The number of ether oxygens (including phenoxy) is 3. The molecule has 1 aliphatic rings. The summed E-state index contributed by atoms with van der Waals surface area (Å²) in [5.41, 5.74) is 1.55. The van der Waals surface area contributed by atoms with E-state index in [9.17, 15) is 4.79 Å². The largest absolute Gasteiger partial charge is 0.496 e. The van der Waals surface area contributed by atoms with Crippen LogP contribution in [0.1, 0.15) is 28.8 Å². The Morgan fingerprint density at radius 1 is 1.00 bits per heavy atom. The summed E-state index contributed by atoms with van der Waals surface area (Å²) in [5.74, 6) is 1.86. The normalized spacial score (nSPS) is 14.2. The summed E-state index contributed by atoms with van der Waals surface area (Å²) in [6.45, 7) is 0. The number of carbonyl (C=O) groups excluding carboxylic acids is 1. The molecule has 92 valence electrons. The van der Waals surface area contributed by atoms with Gasteiger partial charge in [-0.05, 0) is 12.8 Å². The van der Waals surface area contributed by atoms with Crippen LogP contribution in [0.25, 0.3) is 0 Å². The van der Waals surface area contributed by atoms with Crippen LogP contribution in [0.15, 0.2) is 6.07 Å². The fourth-order valence-electron chi connectivity index (χ4n) is 2.29. The lowest BCUT2D eigenvalue weighted by Gasteiger charge is -2.22. The van der Waals surface area contributed by atoms with Crippen molar-refractivity contribution in [3.63, 3.8) is 0 Å². The molecule has 1 aliphatic carbocycles. The highest BCUT2D eigenvalue weighted by Gasteiger charge is 2.27. The van der Waals surface area contributed by atoms with Crippen molar-refractivity contribution in [2.45, 2.75) is 19.3 Å². The van der Waals surface area contributed by atoms with Gasteiger partial charge in [-0.3, -0.25) is 4.79 Å². The molecule has 0 N–H and O–H groups in total. The van der Waals surface area contributed by atoms with Gasteiger partial charge in [-0.1, -0.05) is 0 Å². The predicted molar refractivity (Wildman–Crippen MR) is 63.4 cm³/mol. The molecular weight excluding hydrogens is 220 g/mol. The van der Waals surface area contributed by atoms with Crippen molar-refractivity contribution in [1.29, 1.82) is 0 Å². The number of hydrogen-bond donors (Lipinski definition) is 0. The van der Waals surface area contributed by atoms with E-state index in [4.69, 9.17) is 14.2 Å². The smallest absolute Gasteiger partial charge is 0.172 e. The number of fused-ring (bicyclic) bond motifs is 1. The van der Waals surface area contributed by atoms with Crippen LogP contribution in [-0.2, 0) is 6.42 Å². The van der Waals surface area contributed by atoms with Crippen LogP contribution in [0.5, 0.6) is 17.2 Å². The van der Waals surface area contributed by atoms with Crippen LogP contribution in [-0.4, -0.2) is 27.1 Å². The molecule has 0 heterocycles. The Bertz CT molecular complexity index is 429. The Labute approximate surface area is 100 Å². The van der Waals surface area contributed by atoms with Gasteiger partial charge in [-0.15, -0.1) is 0 Å². The summed E-state index contributed by atoms with van der Waals surface area (Å²) in [6.07, 6.45) is 2.25. The standard InChI is InChI=1S/C13H16O4/c1-15-10-7-11(16-2)13(17-3)12-8(10)5-4-6-9(12)14/h7H,4-6H2,1-3H3. The zero-order chi connectivity index (χ0) is 12.4. The Morgan fingerprint density at radius 3 is 2.29 bits per heavy atom. The molecule has 0 amide bonds. The Balaban J connectivity index is 2.71. The van der Waals surface area contributed by atoms with E-state index < -0.39 is 0 Å². The summed E-state index contributed by atoms with van der Waals surface area (Å²) < 4.78 is 15.9. The lowest BCUT2D eigenvalue weighted by molar-refractivity contribution is 0.0967. The van der Waals surface area contributed by atoms with Crippen LogP contribution in [0, 0.1) is 0 Å². The number of rotatable bonds is 3. The van der Waals surface area contributed by atoms with E-state index in [1.807, 2.05) is 0 Å². The van der Waals surface area contributed by atoms with E-state index in [0.29, 0.717) is 29.2 Å². The van der Waals surface area contributed by atoms with Crippen molar-refractivity contribution < 1.29 is 19.0 Å². The highest BCUT2D eigenvalue weighted by Crippen LogP contribution is 2.42. The average Bonchev–Trinajstić information content (AvgIpc) is 2.37. The number of Topliss-reactive ketones (excluding diaryl/α,β-unsaturated/α-hetero) is 1. The van der Waals surface area contributed by atoms with Crippen molar-refractivity contribution >= 4 is 5.78 Å². The SMILES string of the molecule is COc1cc(OC)c(OC)c2c1CCCC2=O. The number of carbonyl (C=O) groups is 1. The fourth-order valence-corrected chi connectivity index (χ4v) is 2.29. The zero-order valence-electron chi connectivity index (χ0n) is 10.3. The van der Waals surface area contributed by atoms with Gasteiger partial charge in [0.25, 0.3) is 0 Å². The minimum Gasteiger partial charge on any atom is -0.496 e. The first-order valence-electron chi connectivity index (χ1n) is 5.58. The second-order valence-corrected chi connectivity index (χ2v) is 3.94. The van der Waals surface area contributed by atoms with E-state index in [-0.39, 0.29) is 5.78 Å². The number of benzene rings is 1. The lowest BCUT2D eigenvalue weighted by Crippen LogP contribution is -2.14. The van der Waals surface area contributed by atoms with E-state index in [1.54, 1.807) is 27.4 Å². The lowest BCUT2D eigenvalue weighted by atomic mass is 9.89. The maximum Gasteiger partial charge on any atom is 0.172 e. The molecule has 0 saturated heterocycles. The van der Waals surface area contributed by atoms with Crippen LogP contribution in [0.3, 0.4) is 0 Å². The first-order chi connectivity index (χ1) is 8.22. The van der Waals surface area contributed by atoms with Gasteiger partial charge in [0.15, 0.2) is 17.3 Å². The molecule has 1 aromatic carbocycles. The van der Waals surface area contributed by atoms with Gasteiger partial charge in [-0.25, -0.2) is 0 Å². The summed E-state index contributed by atoms with van der Waals surface area (Å²) in [5, 5.41) is 0. The third-order valence-corrected chi connectivity index (χ3v) is 3.07. The summed E-state index contributed by atoms with van der Waals surface area (Å²) in [4.78, 5) is 12.0. The van der Waals surface area contributed by atoms with Gasteiger partial charge in [-0.2, -0.15) is 0 Å². The number of ketones is 1. The first kappa shape index (κ1) is 11.8. The highest BCUT2D eigenvalue weighted by atomic mass is 16.5.